The zero-order valence-electron chi connectivity index (χ0n) is 10.3. The number of hydrogen-bond donors (Lipinski definition) is 0. The lowest BCUT2D eigenvalue weighted by Crippen LogP contribution is -2.13. The van der Waals surface area contributed by atoms with Gasteiger partial charge in [-0.3, -0.25) is 4.79 Å². The molecule has 0 saturated carbocycles. The van der Waals surface area contributed by atoms with Crippen molar-refractivity contribution in [2.45, 2.75) is 0 Å². The largest absolute Gasteiger partial charge is 0.459 e. The van der Waals surface area contributed by atoms with Gasteiger partial charge in [0.25, 0.3) is 0 Å². The van der Waals surface area contributed by atoms with Gasteiger partial charge in [0, 0.05) is 7.05 Å². The fraction of sp³-hybridized carbons (Fsp3) is 0.0769. The highest BCUT2D eigenvalue weighted by Crippen LogP contribution is 2.31. The Labute approximate surface area is 127 Å². The molecule has 7 heteroatoms. The molecule has 4 nitrogen and oxygen atoms in total. The van der Waals surface area contributed by atoms with E-state index >= 15 is 0 Å². The van der Waals surface area contributed by atoms with Crippen LogP contribution in [0.4, 0.5) is 0 Å². The summed E-state index contributed by atoms with van der Waals surface area (Å²) in [7, 11) is 1.79. The van der Waals surface area contributed by atoms with Crippen LogP contribution in [0.15, 0.2) is 39.9 Å². The molecular formula is C13H8Cl2N2O2S. The van der Waals surface area contributed by atoms with Gasteiger partial charge in [0.05, 0.1) is 26.5 Å². The van der Waals surface area contributed by atoms with E-state index in [1.165, 1.54) is 17.6 Å². The number of halogens is 2. The van der Waals surface area contributed by atoms with E-state index in [2.05, 4.69) is 4.99 Å². The van der Waals surface area contributed by atoms with E-state index in [4.69, 9.17) is 27.6 Å². The smallest absolute Gasteiger partial charge is 0.315 e. The number of carbonyl (C=O) groups is 1. The predicted octanol–water partition coefficient (Wildman–Crippen LogP) is 3.88. The number of carbonyl (C=O) groups excluding carboxylic acids is 1. The molecular weight excluding hydrogens is 319 g/mol. The molecule has 0 atom stereocenters. The first-order chi connectivity index (χ1) is 9.58. The van der Waals surface area contributed by atoms with Crippen LogP contribution in [0.1, 0.15) is 10.6 Å². The summed E-state index contributed by atoms with van der Waals surface area (Å²) in [5.41, 5.74) is 0.759. The lowest BCUT2D eigenvalue weighted by atomic mass is 10.3. The van der Waals surface area contributed by atoms with Crippen molar-refractivity contribution in [1.29, 1.82) is 0 Å². The van der Waals surface area contributed by atoms with E-state index in [-0.39, 0.29) is 5.76 Å². The number of aromatic nitrogens is 1. The first-order valence-electron chi connectivity index (χ1n) is 5.64. The van der Waals surface area contributed by atoms with Crippen LogP contribution in [0, 0.1) is 0 Å². The molecule has 0 radical (unpaired) electrons. The van der Waals surface area contributed by atoms with E-state index in [1.54, 1.807) is 29.8 Å². The van der Waals surface area contributed by atoms with Crippen LogP contribution >= 0.6 is 34.5 Å². The number of hydrogen-bond acceptors (Lipinski definition) is 3. The molecule has 0 aliphatic carbocycles. The molecule has 0 unspecified atom stereocenters. The van der Waals surface area contributed by atoms with Crippen molar-refractivity contribution < 1.29 is 9.21 Å². The maximum Gasteiger partial charge on any atom is 0.315 e. The number of amides is 1. The van der Waals surface area contributed by atoms with Gasteiger partial charge in [0.1, 0.15) is 0 Å². The first-order valence-corrected chi connectivity index (χ1v) is 7.21. The summed E-state index contributed by atoms with van der Waals surface area (Å²) in [5, 5.41) is 0.922. The third-order valence-electron chi connectivity index (χ3n) is 2.78. The Hall–Kier alpha value is -1.56. The highest BCUT2D eigenvalue weighted by molar-refractivity contribution is 7.16. The lowest BCUT2D eigenvalue weighted by Gasteiger charge is -1.99. The third-order valence-corrected chi connectivity index (χ3v) is 4.68. The summed E-state index contributed by atoms with van der Waals surface area (Å²) in [5.74, 6) is -0.231. The minimum absolute atomic E-state index is 0.201. The highest BCUT2D eigenvalue weighted by Gasteiger charge is 2.12. The fourth-order valence-electron chi connectivity index (χ4n) is 1.82. The molecule has 3 rings (SSSR count). The van der Waals surface area contributed by atoms with E-state index in [9.17, 15) is 4.79 Å². The summed E-state index contributed by atoms with van der Waals surface area (Å²) >= 11 is 13.6. The molecule has 0 N–H and O–H groups in total. The number of furan rings is 1. The van der Waals surface area contributed by atoms with Crippen molar-refractivity contribution in [3.8, 4) is 0 Å². The zero-order chi connectivity index (χ0) is 14.3. The van der Waals surface area contributed by atoms with Crippen LogP contribution in [0.2, 0.25) is 10.0 Å². The number of aryl methyl sites for hydroxylation is 1. The molecule has 20 heavy (non-hydrogen) atoms. The predicted molar refractivity (Wildman–Crippen MR) is 79.4 cm³/mol. The summed E-state index contributed by atoms with van der Waals surface area (Å²) in [4.78, 5) is 16.5. The van der Waals surface area contributed by atoms with Crippen LogP contribution in [0.5, 0.6) is 0 Å². The maximum atomic E-state index is 11.9. The van der Waals surface area contributed by atoms with Gasteiger partial charge in [-0.25, -0.2) is 0 Å². The minimum Gasteiger partial charge on any atom is -0.459 e. The first kappa shape index (κ1) is 13.4. The standard InChI is InChI=1S/C13H8Cl2N2O2S/c1-17-11-9(5-4-7(14)10(11)15)20-13(17)16-12(18)8-3-2-6-19-8/h2-6H,1H3. The van der Waals surface area contributed by atoms with Gasteiger partial charge in [0.2, 0.25) is 0 Å². The summed E-state index contributed by atoms with van der Waals surface area (Å²) in [6.45, 7) is 0. The van der Waals surface area contributed by atoms with E-state index in [1.807, 2.05) is 6.07 Å². The number of nitrogens with zero attached hydrogens (tertiary/aromatic N) is 2. The van der Waals surface area contributed by atoms with Crippen molar-refractivity contribution >= 4 is 50.7 Å². The van der Waals surface area contributed by atoms with Gasteiger partial charge in [0.15, 0.2) is 10.6 Å². The summed E-state index contributed by atoms with van der Waals surface area (Å²) in [6, 6.07) is 6.79. The maximum absolute atomic E-state index is 11.9. The van der Waals surface area contributed by atoms with Crippen LogP contribution in [0.25, 0.3) is 10.2 Å². The monoisotopic (exact) mass is 326 g/mol. The topological polar surface area (TPSA) is 47.5 Å². The average molecular weight is 327 g/mol. The average Bonchev–Trinajstić information content (AvgIpc) is 3.04. The number of benzene rings is 1. The Kier molecular flexibility index (Phi) is 3.41. The van der Waals surface area contributed by atoms with E-state index < -0.39 is 5.91 Å². The van der Waals surface area contributed by atoms with Crippen molar-refractivity contribution in [3.63, 3.8) is 0 Å². The zero-order valence-corrected chi connectivity index (χ0v) is 12.6. The van der Waals surface area contributed by atoms with Gasteiger partial charge >= 0.3 is 5.91 Å². The Morgan fingerprint density at radius 3 is 2.85 bits per heavy atom. The molecule has 3 aromatic rings. The molecule has 2 heterocycles. The number of fused-ring (bicyclic) bond motifs is 1. The quantitative estimate of drug-likeness (QED) is 0.681. The van der Waals surface area contributed by atoms with Gasteiger partial charge in [-0.15, -0.1) is 0 Å². The second kappa shape index (κ2) is 5.09. The Morgan fingerprint density at radius 2 is 2.15 bits per heavy atom. The number of thiazole rings is 1. The van der Waals surface area contributed by atoms with Crippen molar-refractivity contribution in [2.24, 2.45) is 12.0 Å². The van der Waals surface area contributed by atoms with Crippen LogP contribution in [-0.4, -0.2) is 10.5 Å². The minimum atomic E-state index is -0.431. The van der Waals surface area contributed by atoms with Gasteiger partial charge < -0.3 is 8.98 Å². The Bertz CT molecular complexity index is 863. The molecule has 0 aliphatic heterocycles. The van der Waals surface area contributed by atoms with Crippen LogP contribution in [-0.2, 0) is 7.05 Å². The van der Waals surface area contributed by atoms with Crippen molar-refractivity contribution in [3.05, 3.63) is 51.1 Å². The highest BCUT2D eigenvalue weighted by atomic mass is 35.5. The molecule has 0 aliphatic rings. The van der Waals surface area contributed by atoms with Gasteiger partial charge in [-0.1, -0.05) is 34.5 Å². The molecule has 0 fully saturated rings. The second-order valence-corrected chi connectivity index (χ2v) is 5.84. The van der Waals surface area contributed by atoms with Crippen molar-refractivity contribution in [2.75, 3.05) is 0 Å². The summed E-state index contributed by atoms with van der Waals surface area (Å²) in [6.07, 6.45) is 1.43. The van der Waals surface area contributed by atoms with Gasteiger partial charge in [-0.05, 0) is 24.3 Å². The molecule has 0 bridgehead atoms. The molecule has 0 saturated heterocycles. The fourth-order valence-corrected chi connectivity index (χ4v) is 3.34. The third kappa shape index (κ3) is 2.18. The van der Waals surface area contributed by atoms with Crippen molar-refractivity contribution in [1.82, 2.24) is 4.57 Å². The van der Waals surface area contributed by atoms with Crippen LogP contribution < -0.4 is 4.80 Å². The Balaban J connectivity index is 2.21. The normalized spacial score (nSPS) is 12.2. The Morgan fingerprint density at radius 1 is 1.35 bits per heavy atom. The van der Waals surface area contributed by atoms with Gasteiger partial charge in [-0.2, -0.15) is 4.99 Å². The summed E-state index contributed by atoms with van der Waals surface area (Å²) < 4.78 is 7.68. The van der Waals surface area contributed by atoms with E-state index in [0.29, 0.717) is 14.8 Å². The molecule has 1 amide bonds. The van der Waals surface area contributed by atoms with Crippen LogP contribution in [0.3, 0.4) is 0 Å². The number of rotatable bonds is 1. The molecule has 0 spiro atoms. The molecule has 102 valence electrons. The van der Waals surface area contributed by atoms with E-state index in [0.717, 1.165) is 10.2 Å². The SMILES string of the molecule is Cn1c(=NC(=O)c2ccco2)sc2ccc(Cl)c(Cl)c21. The second-order valence-electron chi connectivity index (χ2n) is 4.05. The molecule has 1 aromatic carbocycles. The lowest BCUT2D eigenvalue weighted by molar-refractivity contribution is 0.0971. The molecule has 2 aromatic heterocycles.